The highest BCUT2D eigenvalue weighted by Gasteiger charge is 2.35. The third-order valence-electron chi connectivity index (χ3n) is 5.06. The fourth-order valence-electron chi connectivity index (χ4n) is 4.02. The monoisotopic (exact) mass is 328 g/mol. The lowest BCUT2D eigenvalue weighted by Crippen LogP contribution is -2.43. The standard InChI is InChI=1S/C18H24N4S/c1-14-19-20-18(23-14)13-22-11-16-7-8-17(22)12-21(10-16)9-15-5-3-2-4-6-15/h2-6,16-17H,7-13H2,1H3/t16-,17+/m1/s1. The molecule has 3 aliphatic heterocycles. The van der Waals surface area contributed by atoms with Gasteiger partial charge < -0.3 is 0 Å². The van der Waals surface area contributed by atoms with Gasteiger partial charge in [0.25, 0.3) is 0 Å². The number of piperidine rings is 1. The molecule has 5 rings (SSSR count). The van der Waals surface area contributed by atoms with Gasteiger partial charge >= 0.3 is 0 Å². The Labute approximate surface area is 142 Å². The number of fused-ring (bicyclic) bond motifs is 4. The van der Waals surface area contributed by atoms with Crippen LogP contribution >= 0.6 is 11.3 Å². The molecule has 122 valence electrons. The molecule has 0 aliphatic carbocycles. The molecular formula is C18H24N4S. The maximum atomic E-state index is 4.32. The van der Waals surface area contributed by atoms with Gasteiger partial charge in [-0.3, -0.25) is 9.80 Å². The summed E-state index contributed by atoms with van der Waals surface area (Å²) >= 11 is 1.74. The Balaban J connectivity index is 1.44. The third-order valence-corrected chi connectivity index (χ3v) is 5.88. The van der Waals surface area contributed by atoms with Crippen molar-refractivity contribution in [1.82, 2.24) is 20.0 Å². The van der Waals surface area contributed by atoms with Crippen LogP contribution < -0.4 is 0 Å². The lowest BCUT2D eigenvalue weighted by atomic mass is 9.95. The highest BCUT2D eigenvalue weighted by atomic mass is 32.1. The lowest BCUT2D eigenvalue weighted by molar-refractivity contribution is 0.122. The van der Waals surface area contributed by atoms with Gasteiger partial charge in [0.05, 0.1) is 6.54 Å². The molecule has 2 bridgehead atoms. The van der Waals surface area contributed by atoms with Crippen molar-refractivity contribution >= 4 is 11.3 Å². The number of hydrogen-bond acceptors (Lipinski definition) is 5. The SMILES string of the molecule is Cc1nnc(CN2C[C@@H]3CC[C@H]2CN(Cc2ccccc2)C3)s1. The van der Waals surface area contributed by atoms with Crippen molar-refractivity contribution in [2.45, 2.75) is 38.9 Å². The Morgan fingerprint density at radius 1 is 1.04 bits per heavy atom. The van der Waals surface area contributed by atoms with E-state index in [0.29, 0.717) is 6.04 Å². The van der Waals surface area contributed by atoms with E-state index in [1.807, 2.05) is 6.92 Å². The fraction of sp³-hybridized carbons (Fsp3) is 0.556. The molecule has 1 aromatic heterocycles. The molecule has 2 aromatic rings. The van der Waals surface area contributed by atoms with Crippen molar-refractivity contribution in [3.8, 4) is 0 Å². The van der Waals surface area contributed by atoms with Crippen LogP contribution in [-0.4, -0.2) is 45.7 Å². The summed E-state index contributed by atoms with van der Waals surface area (Å²) in [4.78, 5) is 5.31. The van der Waals surface area contributed by atoms with Crippen molar-refractivity contribution < 1.29 is 0 Å². The second kappa shape index (κ2) is 6.67. The van der Waals surface area contributed by atoms with Crippen LogP contribution in [0, 0.1) is 12.8 Å². The van der Waals surface area contributed by atoms with E-state index in [1.54, 1.807) is 11.3 Å². The molecule has 0 N–H and O–H groups in total. The molecule has 2 atom stereocenters. The van der Waals surface area contributed by atoms with Gasteiger partial charge in [-0.1, -0.05) is 30.3 Å². The van der Waals surface area contributed by atoms with Gasteiger partial charge in [-0.15, -0.1) is 21.5 Å². The quantitative estimate of drug-likeness (QED) is 0.864. The third kappa shape index (κ3) is 3.62. The topological polar surface area (TPSA) is 32.3 Å². The first kappa shape index (κ1) is 15.2. The second-order valence-electron chi connectivity index (χ2n) is 6.92. The summed E-state index contributed by atoms with van der Waals surface area (Å²) in [7, 11) is 0. The van der Waals surface area contributed by atoms with E-state index in [4.69, 9.17) is 0 Å². The van der Waals surface area contributed by atoms with E-state index in [2.05, 4.69) is 50.3 Å². The highest BCUT2D eigenvalue weighted by Crippen LogP contribution is 2.30. The zero-order valence-electron chi connectivity index (χ0n) is 13.7. The van der Waals surface area contributed by atoms with Crippen LogP contribution in [0.4, 0.5) is 0 Å². The lowest BCUT2D eigenvalue weighted by Gasteiger charge is -2.35. The van der Waals surface area contributed by atoms with Crippen LogP contribution in [0.3, 0.4) is 0 Å². The van der Waals surface area contributed by atoms with Gasteiger partial charge in [0.15, 0.2) is 0 Å². The van der Waals surface area contributed by atoms with E-state index in [9.17, 15) is 0 Å². The molecule has 3 saturated heterocycles. The van der Waals surface area contributed by atoms with E-state index in [-0.39, 0.29) is 0 Å². The van der Waals surface area contributed by atoms with E-state index in [0.717, 1.165) is 24.0 Å². The first-order valence-corrected chi connectivity index (χ1v) is 9.37. The molecule has 0 unspecified atom stereocenters. The van der Waals surface area contributed by atoms with Crippen LogP contribution in [0.5, 0.6) is 0 Å². The van der Waals surface area contributed by atoms with Crippen molar-refractivity contribution in [3.63, 3.8) is 0 Å². The minimum atomic E-state index is 0.668. The Bertz CT molecular complexity index is 641. The second-order valence-corrected chi connectivity index (χ2v) is 8.19. The molecule has 3 fully saturated rings. The van der Waals surface area contributed by atoms with Crippen LogP contribution in [0.2, 0.25) is 0 Å². The Morgan fingerprint density at radius 3 is 2.70 bits per heavy atom. The molecule has 4 heterocycles. The maximum Gasteiger partial charge on any atom is 0.131 e. The normalized spacial score (nSPS) is 25.6. The van der Waals surface area contributed by atoms with Crippen LogP contribution in [-0.2, 0) is 13.1 Å². The van der Waals surface area contributed by atoms with Crippen molar-refractivity contribution in [3.05, 3.63) is 45.9 Å². The minimum absolute atomic E-state index is 0.668. The minimum Gasteiger partial charge on any atom is -0.297 e. The van der Waals surface area contributed by atoms with Crippen molar-refractivity contribution in [2.24, 2.45) is 5.92 Å². The number of rotatable bonds is 4. The highest BCUT2D eigenvalue weighted by molar-refractivity contribution is 7.11. The van der Waals surface area contributed by atoms with Crippen LogP contribution in [0.1, 0.15) is 28.4 Å². The first-order chi connectivity index (χ1) is 11.3. The molecule has 0 spiro atoms. The fourth-order valence-corrected chi connectivity index (χ4v) is 4.75. The zero-order valence-corrected chi connectivity index (χ0v) is 14.5. The summed E-state index contributed by atoms with van der Waals surface area (Å²) < 4.78 is 0. The van der Waals surface area contributed by atoms with Crippen molar-refractivity contribution in [1.29, 1.82) is 0 Å². The Kier molecular flexibility index (Phi) is 4.42. The van der Waals surface area contributed by atoms with Crippen LogP contribution in [0.25, 0.3) is 0 Å². The van der Waals surface area contributed by atoms with E-state index < -0.39 is 0 Å². The smallest absolute Gasteiger partial charge is 0.131 e. The summed E-state index contributed by atoms with van der Waals surface area (Å²) in [6.07, 6.45) is 2.70. The average Bonchev–Trinajstić information content (AvgIpc) is 2.77. The predicted molar refractivity (Wildman–Crippen MR) is 93.3 cm³/mol. The first-order valence-electron chi connectivity index (χ1n) is 8.55. The summed E-state index contributed by atoms with van der Waals surface area (Å²) in [5, 5.41) is 10.7. The Morgan fingerprint density at radius 2 is 1.91 bits per heavy atom. The number of aromatic nitrogens is 2. The largest absolute Gasteiger partial charge is 0.297 e. The maximum absolute atomic E-state index is 4.32. The number of benzene rings is 1. The van der Waals surface area contributed by atoms with Gasteiger partial charge in [0.2, 0.25) is 0 Å². The number of nitrogens with zero attached hydrogens (tertiary/aromatic N) is 4. The van der Waals surface area contributed by atoms with Gasteiger partial charge in [-0.2, -0.15) is 0 Å². The molecule has 0 amide bonds. The van der Waals surface area contributed by atoms with Gasteiger partial charge in [-0.25, -0.2) is 0 Å². The molecule has 5 heteroatoms. The van der Waals surface area contributed by atoms with Gasteiger partial charge in [0, 0.05) is 32.2 Å². The summed E-state index contributed by atoms with van der Waals surface area (Å²) in [5.41, 5.74) is 1.43. The summed E-state index contributed by atoms with van der Waals surface area (Å²) in [6.45, 7) is 7.73. The summed E-state index contributed by atoms with van der Waals surface area (Å²) in [5.74, 6) is 0.798. The van der Waals surface area contributed by atoms with E-state index >= 15 is 0 Å². The molecule has 0 saturated carbocycles. The van der Waals surface area contributed by atoms with Crippen LogP contribution in [0.15, 0.2) is 30.3 Å². The van der Waals surface area contributed by atoms with Gasteiger partial charge in [-0.05, 0) is 31.2 Å². The van der Waals surface area contributed by atoms with Gasteiger partial charge in [0.1, 0.15) is 10.0 Å². The molecule has 1 aromatic carbocycles. The Hall–Kier alpha value is -1.30. The average molecular weight is 328 g/mol. The van der Waals surface area contributed by atoms with E-state index in [1.165, 1.54) is 43.0 Å². The molecule has 0 radical (unpaired) electrons. The van der Waals surface area contributed by atoms with Crippen molar-refractivity contribution in [2.75, 3.05) is 19.6 Å². The predicted octanol–water partition coefficient (Wildman–Crippen LogP) is 2.94. The zero-order chi connectivity index (χ0) is 15.6. The molecule has 3 aliphatic rings. The summed E-state index contributed by atoms with van der Waals surface area (Å²) in [6, 6.07) is 11.5. The molecular weight excluding hydrogens is 304 g/mol. The number of aryl methyl sites for hydroxylation is 1. The molecule has 23 heavy (non-hydrogen) atoms. The molecule has 4 nitrogen and oxygen atoms in total. The number of hydrogen-bond donors (Lipinski definition) is 0.